The summed E-state index contributed by atoms with van der Waals surface area (Å²) in [7, 11) is 0. The second-order valence-electron chi connectivity index (χ2n) is 8.33. The van der Waals surface area contributed by atoms with Crippen molar-refractivity contribution < 1.29 is 0 Å². The van der Waals surface area contributed by atoms with Crippen LogP contribution >= 0.6 is 0 Å². The molecule has 0 amide bonds. The van der Waals surface area contributed by atoms with Gasteiger partial charge in [-0.3, -0.25) is 0 Å². The summed E-state index contributed by atoms with van der Waals surface area (Å²) in [5, 5.41) is 0. The fraction of sp³-hybridized carbons (Fsp3) is 0.652. The molecule has 0 radical (unpaired) electrons. The van der Waals surface area contributed by atoms with Crippen LogP contribution in [0.1, 0.15) is 52.4 Å². The van der Waals surface area contributed by atoms with E-state index in [1.807, 2.05) is 0 Å². The van der Waals surface area contributed by atoms with Crippen molar-refractivity contribution in [3.8, 4) is 0 Å². The molecule has 0 saturated heterocycles. The predicted molar refractivity (Wildman–Crippen MR) is 99.0 cm³/mol. The van der Waals surface area contributed by atoms with E-state index >= 15 is 0 Å². The van der Waals surface area contributed by atoms with Crippen LogP contribution in [0.15, 0.2) is 48.6 Å². The lowest BCUT2D eigenvalue weighted by Crippen LogP contribution is -2.41. The Bertz CT molecular complexity index is 496. The van der Waals surface area contributed by atoms with Gasteiger partial charge >= 0.3 is 0 Å². The van der Waals surface area contributed by atoms with Crippen LogP contribution in [-0.4, -0.2) is 0 Å². The molecule has 2 saturated carbocycles. The van der Waals surface area contributed by atoms with Crippen LogP contribution in [-0.2, 0) is 0 Å². The summed E-state index contributed by atoms with van der Waals surface area (Å²) in [6.45, 7) is 4.96. The first kappa shape index (κ1) is 15.5. The minimum atomic E-state index is 0.546. The van der Waals surface area contributed by atoms with Gasteiger partial charge in [-0.05, 0) is 79.4 Å². The standard InChI is InChI=1S/C23H32/c1-3-23(4-2,21-15-13-17-9-5-7-11-19(17)21)22-16-14-18-10-6-8-12-20(18)22/h5-12,17-22H,3-4,13-16H2,1-2H3/t17?,18?,19?,20?,21-,22-/m0/s1. The predicted octanol–water partition coefficient (Wildman–Crippen LogP) is 6.33. The molecule has 0 heterocycles. The van der Waals surface area contributed by atoms with Crippen LogP contribution in [0.4, 0.5) is 0 Å². The lowest BCUT2D eigenvalue weighted by molar-refractivity contribution is 0.0255. The zero-order valence-electron chi connectivity index (χ0n) is 14.8. The third-order valence-corrected chi connectivity index (χ3v) is 7.94. The number of hydrogen-bond acceptors (Lipinski definition) is 0. The van der Waals surface area contributed by atoms with Gasteiger partial charge in [0.2, 0.25) is 0 Å². The van der Waals surface area contributed by atoms with Crippen molar-refractivity contribution in [1.82, 2.24) is 0 Å². The normalized spacial score (nSPS) is 41.3. The molecule has 4 aliphatic rings. The molecule has 0 heteroatoms. The summed E-state index contributed by atoms with van der Waals surface area (Å²) in [6.07, 6.45) is 27.7. The lowest BCUT2D eigenvalue weighted by atomic mass is 9.56. The van der Waals surface area contributed by atoms with Crippen molar-refractivity contribution in [1.29, 1.82) is 0 Å². The SMILES string of the molecule is CCC(CC)([C@H]1CCC2C=CC=CC21)[C@H]1CCC2C=CC=CC21. The van der Waals surface area contributed by atoms with Crippen molar-refractivity contribution in [3.63, 3.8) is 0 Å². The fourth-order valence-electron chi connectivity index (χ4n) is 6.83. The topological polar surface area (TPSA) is 0 Å². The van der Waals surface area contributed by atoms with E-state index in [-0.39, 0.29) is 0 Å². The molecule has 0 N–H and O–H groups in total. The number of rotatable bonds is 4. The van der Waals surface area contributed by atoms with Gasteiger partial charge in [0.15, 0.2) is 0 Å². The maximum atomic E-state index is 2.55. The number of fused-ring (bicyclic) bond motifs is 2. The zero-order chi connectivity index (χ0) is 15.9. The quantitative estimate of drug-likeness (QED) is 0.569. The van der Waals surface area contributed by atoms with E-state index in [4.69, 9.17) is 0 Å². The third kappa shape index (κ3) is 2.32. The van der Waals surface area contributed by atoms with E-state index in [0.717, 1.165) is 35.5 Å². The molecular weight excluding hydrogens is 276 g/mol. The summed E-state index contributed by atoms with van der Waals surface area (Å²) < 4.78 is 0. The van der Waals surface area contributed by atoms with Gasteiger partial charge < -0.3 is 0 Å². The van der Waals surface area contributed by atoms with Gasteiger partial charge in [0.05, 0.1) is 0 Å². The van der Waals surface area contributed by atoms with Crippen LogP contribution in [0.5, 0.6) is 0 Å². The highest BCUT2D eigenvalue weighted by Crippen LogP contribution is 2.61. The summed E-state index contributed by atoms with van der Waals surface area (Å²) in [5.41, 5.74) is 0.546. The van der Waals surface area contributed by atoms with Gasteiger partial charge in [-0.25, -0.2) is 0 Å². The fourth-order valence-corrected chi connectivity index (χ4v) is 6.83. The number of hydrogen-bond donors (Lipinski definition) is 0. The van der Waals surface area contributed by atoms with E-state index in [0.29, 0.717) is 5.41 Å². The zero-order valence-corrected chi connectivity index (χ0v) is 14.8. The molecule has 0 spiro atoms. The van der Waals surface area contributed by atoms with Crippen molar-refractivity contribution in [2.75, 3.05) is 0 Å². The van der Waals surface area contributed by atoms with E-state index in [1.54, 1.807) is 0 Å². The van der Waals surface area contributed by atoms with Gasteiger partial charge in [-0.2, -0.15) is 0 Å². The first-order chi connectivity index (χ1) is 11.3. The Morgan fingerprint density at radius 2 is 1.09 bits per heavy atom. The molecule has 124 valence electrons. The molecule has 23 heavy (non-hydrogen) atoms. The van der Waals surface area contributed by atoms with Gasteiger partial charge in [-0.15, -0.1) is 0 Å². The molecular formula is C23H32. The molecule has 0 bridgehead atoms. The maximum Gasteiger partial charge on any atom is -0.0134 e. The molecule has 6 atom stereocenters. The molecule has 2 fully saturated rings. The smallest absolute Gasteiger partial charge is 0.0134 e. The second-order valence-corrected chi connectivity index (χ2v) is 8.33. The van der Waals surface area contributed by atoms with Gasteiger partial charge in [0, 0.05) is 0 Å². The van der Waals surface area contributed by atoms with E-state index in [9.17, 15) is 0 Å². The van der Waals surface area contributed by atoms with Gasteiger partial charge in [0.25, 0.3) is 0 Å². The van der Waals surface area contributed by atoms with Gasteiger partial charge in [-0.1, -0.05) is 62.5 Å². The maximum absolute atomic E-state index is 2.55. The van der Waals surface area contributed by atoms with Crippen molar-refractivity contribution in [3.05, 3.63) is 48.6 Å². The average molecular weight is 309 g/mol. The summed E-state index contributed by atoms with van der Waals surface area (Å²) in [6, 6.07) is 0. The van der Waals surface area contributed by atoms with Crippen LogP contribution < -0.4 is 0 Å². The molecule has 4 rings (SSSR count). The van der Waals surface area contributed by atoms with Crippen LogP contribution in [0.25, 0.3) is 0 Å². The molecule has 4 unspecified atom stereocenters. The average Bonchev–Trinajstić information content (AvgIpc) is 3.23. The molecule has 0 aromatic heterocycles. The summed E-state index contributed by atoms with van der Waals surface area (Å²) in [4.78, 5) is 0. The van der Waals surface area contributed by atoms with Crippen LogP contribution in [0.3, 0.4) is 0 Å². The minimum Gasteiger partial charge on any atom is -0.0808 e. The van der Waals surface area contributed by atoms with Crippen LogP contribution in [0, 0.1) is 40.9 Å². The first-order valence-electron chi connectivity index (χ1n) is 10.00. The molecule has 0 aliphatic heterocycles. The largest absolute Gasteiger partial charge is 0.0808 e. The Balaban J connectivity index is 1.67. The highest BCUT2D eigenvalue weighted by molar-refractivity contribution is 5.22. The number of allylic oxidation sites excluding steroid dienone is 8. The Morgan fingerprint density at radius 3 is 1.52 bits per heavy atom. The van der Waals surface area contributed by atoms with Crippen molar-refractivity contribution >= 4 is 0 Å². The lowest BCUT2D eigenvalue weighted by Gasteiger charge is -2.48. The highest BCUT2D eigenvalue weighted by Gasteiger charge is 2.53. The summed E-state index contributed by atoms with van der Waals surface area (Å²) >= 11 is 0. The van der Waals surface area contributed by atoms with E-state index < -0.39 is 0 Å². The summed E-state index contributed by atoms with van der Waals surface area (Å²) in [5.74, 6) is 5.05. The van der Waals surface area contributed by atoms with Crippen molar-refractivity contribution in [2.45, 2.75) is 52.4 Å². The third-order valence-electron chi connectivity index (χ3n) is 7.94. The van der Waals surface area contributed by atoms with E-state index in [2.05, 4.69) is 62.5 Å². The molecule has 0 aromatic rings. The Kier molecular flexibility index (Phi) is 4.12. The first-order valence-corrected chi connectivity index (χ1v) is 10.00. The second kappa shape index (κ2) is 6.11. The van der Waals surface area contributed by atoms with Crippen molar-refractivity contribution in [2.24, 2.45) is 40.9 Å². The van der Waals surface area contributed by atoms with Crippen LogP contribution in [0.2, 0.25) is 0 Å². The Hall–Kier alpha value is -1.04. The molecule has 0 aromatic carbocycles. The Morgan fingerprint density at radius 1 is 0.652 bits per heavy atom. The van der Waals surface area contributed by atoms with E-state index in [1.165, 1.54) is 38.5 Å². The minimum absolute atomic E-state index is 0.546. The molecule has 0 nitrogen and oxygen atoms in total. The Labute approximate surface area is 142 Å². The monoisotopic (exact) mass is 308 g/mol. The van der Waals surface area contributed by atoms with Gasteiger partial charge in [0.1, 0.15) is 0 Å². The highest BCUT2D eigenvalue weighted by atomic mass is 14.6. The molecule has 4 aliphatic carbocycles.